The Kier molecular flexibility index (Phi) is 4.54. The number of nitrogens with one attached hydrogen (secondary N) is 1. The van der Waals surface area contributed by atoms with Crippen molar-refractivity contribution in [2.24, 2.45) is 5.92 Å². The third kappa shape index (κ3) is 3.18. The number of benzene rings is 1. The zero-order valence-electron chi connectivity index (χ0n) is 10.5. The summed E-state index contributed by atoms with van der Waals surface area (Å²) in [7, 11) is 0. The van der Waals surface area contributed by atoms with Gasteiger partial charge in [0.05, 0.1) is 5.60 Å². The first-order valence-electron chi connectivity index (χ1n) is 6.36. The molecule has 0 aliphatic carbocycles. The lowest BCUT2D eigenvalue weighted by atomic mass is 9.79. The van der Waals surface area contributed by atoms with Gasteiger partial charge in [0.15, 0.2) is 0 Å². The van der Waals surface area contributed by atoms with E-state index in [0.29, 0.717) is 16.5 Å². The Hall–Kier alpha value is -0.280. The molecule has 2 rings (SSSR count). The van der Waals surface area contributed by atoms with E-state index in [4.69, 9.17) is 23.2 Å². The van der Waals surface area contributed by atoms with Crippen molar-refractivity contribution in [3.8, 4) is 0 Å². The Labute approximate surface area is 118 Å². The molecule has 1 fully saturated rings. The van der Waals surface area contributed by atoms with Gasteiger partial charge in [-0.25, -0.2) is 0 Å². The van der Waals surface area contributed by atoms with Gasteiger partial charge in [-0.15, -0.1) is 0 Å². The van der Waals surface area contributed by atoms with Gasteiger partial charge in [-0.1, -0.05) is 29.3 Å². The number of aliphatic hydroxyl groups is 1. The quantitative estimate of drug-likeness (QED) is 0.894. The molecule has 0 spiro atoms. The Morgan fingerprint density at radius 1 is 1.39 bits per heavy atom. The van der Waals surface area contributed by atoms with Crippen LogP contribution in [0.5, 0.6) is 0 Å². The zero-order valence-corrected chi connectivity index (χ0v) is 12.1. The van der Waals surface area contributed by atoms with Crippen LogP contribution < -0.4 is 5.32 Å². The fourth-order valence-electron chi connectivity index (χ4n) is 2.59. The van der Waals surface area contributed by atoms with E-state index in [9.17, 15) is 5.11 Å². The molecule has 2 N–H and O–H groups in total. The molecule has 0 bridgehead atoms. The summed E-state index contributed by atoms with van der Waals surface area (Å²) in [6, 6.07) is 5.46. The highest BCUT2D eigenvalue weighted by atomic mass is 35.5. The molecular formula is C14H19Cl2NO. The molecule has 1 aromatic rings. The lowest BCUT2D eigenvalue weighted by molar-refractivity contribution is -0.0102. The highest BCUT2D eigenvalue weighted by molar-refractivity contribution is 6.36. The van der Waals surface area contributed by atoms with E-state index in [1.54, 1.807) is 0 Å². The molecule has 1 aromatic carbocycles. The first-order valence-corrected chi connectivity index (χ1v) is 7.12. The van der Waals surface area contributed by atoms with Gasteiger partial charge in [-0.3, -0.25) is 0 Å². The second-order valence-corrected chi connectivity index (χ2v) is 6.09. The van der Waals surface area contributed by atoms with Crippen molar-refractivity contribution in [2.45, 2.75) is 31.8 Å². The summed E-state index contributed by atoms with van der Waals surface area (Å²) in [5.41, 5.74) is 0.0682. The largest absolute Gasteiger partial charge is 0.389 e. The lowest BCUT2D eigenvalue weighted by Gasteiger charge is -2.36. The van der Waals surface area contributed by atoms with Crippen molar-refractivity contribution in [2.75, 3.05) is 13.1 Å². The van der Waals surface area contributed by atoms with Gasteiger partial charge in [-0.05, 0) is 44.0 Å². The van der Waals surface area contributed by atoms with Crippen molar-refractivity contribution in [1.29, 1.82) is 0 Å². The van der Waals surface area contributed by atoms with Crippen LogP contribution in [0.25, 0.3) is 0 Å². The van der Waals surface area contributed by atoms with Gasteiger partial charge >= 0.3 is 0 Å². The van der Waals surface area contributed by atoms with Crippen LogP contribution in [-0.4, -0.2) is 23.8 Å². The van der Waals surface area contributed by atoms with Crippen LogP contribution >= 0.6 is 23.2 Å². The summed E-state index contributed by atoms with van der Waals surface area (Å²) in [4.78, 5) is 0. The van der Waals surface area contributed by atoms with E-state index in [2.05, 4.69) is 5.32 Å². The standard InChI is InChI=1S/C14H19Cl2NO/c1-14(18,10-4-3-7-17-9-10)8-11-12(15)5-2-6-13(11)16/h2,5-6,10,17-18H,3-4,7-9H2,1H3. The smallest absolute Gasteiger partial charge is 0.0701 e. The Morgan fingerprint density at radius 2 is 2.06 bits per heavy atom. The van der Waals surface area contributed by atoms with Crippen molar-refractivity contribution in [3.63, 3.8) is 0 Å². The number of halogens is 2. The van der Waals surface area contributed by atoms with Crippen molar-refractivity contribution < 1.29 is 5.11 Å². The summed E-state index contributed by atoms with van der Waals surface area (Å²) in [5.74, 6) is 0.249. The normalized spacial score (nSPS) is 23.7. The second-order valence-electron chi connectivity index (χ2n) is 5.28. The van der Waals surface area contributed by atoms with E-state index in [-0.39, 0.29) is 5.92 Å². The van der Waals surface area contributed by atoms with Gasteiger partial charge in [0.2, 0.25) is 0 Å². The van der Waals surface area contributed by atoms with Gasteiger partial charge in [0, 0.05) is 28.9 Å². The Bertz CT molecular complexity index is 394. The maximum absolute atomic E-state index is 10.7. The summed E-state index contributed by atoms with van der Waals surface area (Å²) in [5, 5.41) is 15.3. The lowest BCUT2D eigenvalue weighted by Crippen LogP contribution is -2.45. The van der Waals surface area contributed by atoms with Crippen molar-refractivity contribution >= 4 is 23.2 Å². The van der Waals surface area contributed by atoms with Gasteiger partial charge < -0.3 is 10.4 Å². The average Bonchev–Trinajstić information content (AvgIpc) is 2.35. The summed E-state index contributed by atoms with van der Waals surface area (Å²) >= 11 is 12.3. The van der Waals surface area contributed by atoms with E-state index in [0.717, 1.165) is 31.5 Å². The predicted molar refractivity (Wildman–Crippen MR) is 76.4 cm³/mol. The average molecular weight is 288 g/mol. The van der Waals surface area contributed by atoms with Crippen LogP contribution in [0.3, 0.4) is 0 Å². The minimum atomic E-state index is -0.776. The molecule has 0 radical (unpaired) electrons. The van der Waals surface area contributed by atoms with Crippen molar-refractivity contribution in [3.05, 3.63) is 33.8 Å². The molecule has 0 saturated carbocycles. The van der Waals surface area contributed by atoms with E-state index in [1.165, 1.54) is 0 Å². The monoisotopic (exact) mass is 287 g/mol. The molecule has 1 saturated heterocycles. The Morgan fingerprint density at radius 3 is 2.61 bits per heavy atom. The number of hydrogen-bond acceptors (Lipinski definition) is 2. The first kappa shape index (κ1) is 14.1. The topological polar surface area (TPSA) is 32.3 Å². The molecule has 100 valence electrons. The fourth-order valence-corrected chi connectivity index (χ4v) is 3.12. The molecule has 1 heterocycles. The van der Waals surface area contributed by atoms with Crippen LogP contribution in [-0.2, 0) is 6.42 Å². The van der Waals surface area contributed by atoms with Gasteiger partial charge in [0.1, 0.15) is 0 Å². The zero-order chi connectivity index (χ0) is 13.2. The molecule has 4 heteroatoms. The summed E-state index contributed by atoms with van der Waals surface area (Å²) in [6.07, 6.45) is 2.65. The van der Waals surface area contributed by atoms with Gasteiger partial charge in [0.25, 0.3) is 0 Å². The molecule has 2 unspecified atom stereocenters. The minimum Gasteiger partial charge on any atom is -0.389 e. The fraction of sp³-hybridized carbons (Fsp3) is 0.571. The molecule has 18 heavy (non-hydrogen) atoms. The van der Waals surface area contributed by atoms with E-state index in [1.807, 2.05) is 25.1 Å². The summed E-state index contributed by atoms with van der Waals surface area (Å²) < 4.78 is 0. The van der Waals surface area contributed by atoms with Gasteiger partial charge in [-0.2, -0.15) is 0 Å². The van der Waals surface area contributed by atoms with Crippen molar-refractivity contribution in [1.82, 2.24) is 5.32 Å². The number of hydrogen-bond donors (Lipinski definition) is 2. The predicted octanol–water partition coefficient (Wildman–Crippen LogP) is 3.29. The minimum absolute atomic E-state index is 0.249. The molecule has 0 amide bonds. The molecular weight excluding hydrogens is 269 g/mol. The van der Waals surface area contributed by atoms with Crippen LogP contribution in [0.2, 0.25) is 10.0 Å². The third-order valence-electron chi connectivity index (χ3n) is 3.77. The maximum Gasteiger partial charge on any atom is 0.0701 e. The summed E-state index contributed by atoms with van der Waals surface area (Å²) in [6.45, 7) is 3.78. The van der Waals surface area contributed by atoms with Crippen LogP contribution in [0, 0.1) is 5.92 Å². The molecule has 2 nitrogen and oxygen atoms in total. The van der Waals surface area contributed by atoms with E-state index < -0.39 is 5.60 Å². The van der Waals surface area contributed by atoms with Crippen LogP contribution in [0.4, 0.5) is 0 Å². The molecule has 1 aliphatic heterocycles. The molecule has 1 aliphatic rings. The number of rotatable bonds is 3. The second kappa shape index (κ2) is 5.79. The highest BCUT2D eigenvalue weighted by Gasteiger charge is 2.33. The first-order chi connectivity index (χ1) is 8.50. The van der Waals surface area contributed by atoms with Crippen LogP contribution in [0.15, 0.2) is 18.2 Å². The third-order valence-corrected chi connectivity index (χ3v) is 4.48. The van der Waals surface area contributed by atoms with E-state index >= 15 is 0 Å². The SMILES string of the molecule is CC(O)(Cc1c(Cl)cccc1Cl)C1CCCNC1. The Balaban J connectivity index is 2.16. The molecule has 2 atom stereocenters. The van der Waals surface area contributed by atoms with Crippen LogP contribution in [0.1, 0.15) is 25.3 Å². The maximum atomic E-state index is 10.7. The number of piperidine rings is 1. The highest BCUT2D eigenvalue weighted by Crippen LogP contribution is 2.33. The molecule has 0 aromatic heterocycles.